The van der Waals surface area contributed by atoms with E-state index in [0.717, 1.165) is 43.6 Å². The van der Waals surface area contributed by atoms with E-state index in [2.05, 4.69) is 29.2 Å². The van der Waals surface area contributed by atoms with Gasteiger partial charge in [0.1, 0.15) is 6.54 Å². The third kappa shape index (κ3) is 5.34. The molecule has 2 rings (SSSR count). The Labute approximate surface area is 150 Å². The zero-order valence-corrected chi connectivity index (χ0v) is 15.3. The smallest absolute Gasteiger partial charge is 0.354 e. The standard InChI is InChI=1S/C16H24ClF3N4O/c1-3-23(4-2)9-5-8-21-12(25)10-24-14(11-6-7-11)13(17)15(22-24)16(18,19)20/h11H,3-10H2,1-2H3,(H,21,25). The molecule has 1 aromatic heterocycles. The molecule has 0 aromatic carbocycles. The van der Waals surface area contributed by atoms with E-state index in [-0.39, 0.29) is 23.4 Å². The number of hydrogen-bond acceptors (Lipinski definition) is 3. The summed E-state index contributed by atoms with van der Waals surface area (Å²) in [5.74, 6) is -0.388. The molecular weight excluding hydrogens is 357 g/mol. The second-order valence-corrected chi connectivity index (χ2v) is 6.59. The number of alkyl halides is 3. The van der Waals surface area contributed by atoms with E-state index >= 15 is 0 Å². The van der Waals surface area contributed by atoms with E-state index in [1.165, 1.54) is 0 Å². The molecule has 9 heteroatoms. The van der Waals surface area contributed by atoms with Crippen molar-refractivity contribution in [3.05, 3.63) is 16.4 Å². The summed E-state index contributed by atoms with van der Waals surface area (Å²) in [6.45, 7) is 7.14. The Hall–Kier alpha value is -1.28. The van der Waals surface area contributed by atoms with Gasteiger partial charge < -0.3 is 10.2 Å². The molecule has 25 heavy (non-hydrogen) atoms. The van der Waals surface area contributed by atoms with Crippen LogP contribution in [0.1, 0.15) is 50.4 Å². The van der Waals surface area contributed by atoms with Gasteiger partial charge in [0.05, 0.1) is 10.7 Å². The van der Waals surface area contributed by atoms with E-state index in [9.17, 15) is 18.0 Å². The van der Waals surface area contributed by atoms with Crippen LogP contribution in [-0.2, 0) is 17.5 Å². The van der Waals surface area contributed by atoms with Gasteiger partial charge in [-0.05, 0) is 38.9 Å². The van der Waals surface area contributed by atoms with Crippen LogP contribution in [0.3, 0.4) is 0 Å². The summed E-state index contributed by atoms with van der Waals surface area (Å²) in [5.41, 5.74) is -0.780. The molecule has 1 aliphatic carbocycles. The first-order valence-corrected chi connectivity index (χ1v) is 8.98. The van der Waals surface area contributed by atoms with Crippen LogP contribution < -0.4 is 5.32 Å². The molecule has 0 unspecified atom stereocenters. The Morgan fingerprint density at radius 1 is 1.36 bits per heavy atom. The molecule has 1 amide bonds. The van der Waals surface area contributed by atoms with E-state index in [4.69, 9.17) is 11.6 Å². The Morgan fingerprint density at radius 2 is 2.00 bits per heavy atom. The number of carbonyl (C=O) groups excluding carboxylic acids is 1. The van der Waals surface area contributed by atoms with Gasteiger partial charge in [-0.15, -0.1) is 0 Å². The molecule has 1 aliphatic rings. The molecule has 142 valence electrons. The minimum atomic E-state index is -4.62. The van der Waals surface area contributed by atoms with E-state index in [1.807, 2.05) is 0 Å². The zero-order valence-electron chi connectivity index (χ0n) is 14.5. The summed E-state index contributed by atoms with van der Waals surface area (Å²) >= 11 is 5.89. The van der Waals surface area contributed by atoms with Crippen molar-refractivity contribution in [2.24, 2.45) is 0 Å². The van der Waals surface area contributed by atoms with E-state index in [0.29, 0.717) is 12.2 Å². The Balaban J connectivity index is 1.94. The van der Waals surface area contributed by atoms with Crippen molar-refractivity contribution >= 4 is 17.5 Å². The molecule has 0 radical (unpaired) electrons. The summed E-state index contributed by atoms with van der Waals surface area (Å²) in [7, 11) is 0. The highest BCUT2D eigenvalue weighted by atomic mass is 35.5. The number of nitrogens with one attached hydrogen (secondary N) is 1. The minimum Gasteiger partial charge on any atom is -0.354 e. The van der Waals surface area contributed by atoms with Crippen LogP contribution in [0.5, 0.6) is 0 Å². The van der Waals surface area contributed by atoms with Gasteiger partial charge in [-0.1, -0.05) is 25.4 Å². The molecule has 0 bridgehead atoms. The van der Waals surface area contributed by atoms with Crippen LogP contribution in [0.15, 0.2) is 0 Å². The molecule has 0 saturated heterocycles. The van der Waals surface area contributed by atoms with Gasteiger partial charge in [-0.25, -0.2) is 0 Å². The van der Waals surface area contributed by atoms with Crippen LogP contribution >= 0.6 is 11.6 Å². The van der Waals surface area contributed by atoms with Crippen molar-refractivity contribution in [3.8, 4) is 0 Å². The molecule has 1 saturated carbocycles. The van der Waals surface area contributed by atoms with Gasteiger partial charge in [0.25, 0.3) is 0 Å². The monoisotopic (exact) mass is 380 g/mol. The number of aromatic nitrogens is 2. The lowest BCUT2D eigenvalue weighted by molar-refractivity contribution is -0.141. The van der Waals surface area contributed by atoms with Crippen molar-refractivity contribution < 1.29 is 18.0 Å². The maximum atomic E-state index is 13.0. The molecule has 1 N–H and O–H groups in total. The predicted octanol–water partition coefficient (Wildman–Crippen LogP) is 3.28. The van der Waals surface area contributed by atoms with Crippen LogP contribution in [0.4, 0.5) is 13.2 Å². The first-order chi connectivity index (χ1) is 11.8. The number of hydrogen-bond donors (Lipinski definition) is 1. The normalized spacial score (nSPS) is 15.0. The van der Waals surface area contributed by atoms with Crippen LogP contribution in [-0.4, -0.2) is 46.8 Å². The number of halogens is 4. The van der Waals surface area contributed by atoms with E-state index < -0.39 is 11.9 Å². The lowest BCUT2D eigenvalue weighted by atomic mass is 10.2. The molecular formula is C16H24ClF3N4O. The highest BCUT2D eigenvalue weighted by Gasteiger charge is 2.42. The van der Waals surface area contributed by atoms with Crippen LogP contribution in [0.2, 0.25) is 5.02 Å². The average molecular weight is 381 g/mol. The van der Waals surface area contributed by atoms with Crippen molar-refractivity contribution in [3.63, 3.8) is 0 Å². The quantitative estimate of drug-likeness (QED) is 0.669. The molecule has 1 aromatic rings. The van der Waals surface area contributed by atoms with Crippen molar-refractivity contribution in [2.45, 2.75) is 51.7 Å². The van der Waals surface area contributed by atoms with Crippen LogP contribution in [0, 0.1) is 0 Å². The second kappa shape index (κ2) is 8.40. The minimum absolute atomic E-state index is 0.0356. The summed E-state index contributed by atoms with van der Waals surface area (Å²) < 4.78 is 40.1. The summed E-state index contributed by atoms with van der Waals surface area (Å²) in [4.78, 5) is 14.3. The molecule has 5 nitrogen and oxygen atoms in total. The fourth-order valence-electron chi connectivity index (χ4n) is 2.76. The van der Waals surface area contributed by atoms with Gasteiger partial charge in [0.15, 0.2) is 5.69 Å². The van der Waals surface area contributed by atoms with Gasteiger partial charge in [0, 0.05) is 12.5 Å². The summed E-state index contributed by atoms with van der Waals surface area (Å²) in [6.07, 6.45) is -2.29. The summed E-state index contributed by atoms with van der Waals surface area (Å²) in [6, 6.07) is 0. The van der Waals surface area contributed by atoms with Crippen molar-refractivity contribution in [2.75, 3.05) is 26.2 Å². The number of rotatable bonds is 9. The van der Waals surface area contributed by atoms with Gasteiger partial charge in [-0.2, -0.15) is 18.3 Å². The topological polar surface area (TPSA) is 50.2 Å². The summed E-state index contributed by atoms with van der Waals surface area (Å²) in [5, 5.41) is 5.92. The lowest BCUT2D eigenvalue weighted by Crippen LogP contribution is -2.32. The van der Waals surface area contributed by atoms with Gasteiger partial charge >= 0.3 is 6.18 Å². The van der Waals surface area contributed by atoms with E-state index in [1.54, 1.807) is 0 Å². The fourth-order valence-corrected chi connectivity index (χ4v) is 3.16. The molecule has 1 fully saturated rings. The molecule has 0 aliphatic heterocycles. The molecule has 0 spiro atoms. The Bertz CT molecular complexity index is 595. The second-order valence-electron chi connectivity index (χ2n) is 6.21. The Kier molecular flexibility index (Phi) is 6.73. The lowest BCUT2D eigenvalue weighted by Gasteiger charge is -2.17. The van der Waals surface area contributed by atoms with Crippen molar-refractivity contribution in [1.82, 2.24) is 20.0 Å². The number of nitrogens with zero attached hydrogens (tertiary/aromatic N) is 3. The maximum Gasteiger partial charge on any atom is 0.436 e. The molecule has 0 atom stereocenters. The third-order valence-corrected chi connectivity index (χ3v) is 4.70. The zero-order chi connectivity index (χ0) is 18.6. The predicted molar refractivity (Wildman–Crippen MR) is 89.6 cm³/mol. The van der Waals surface area contributed by atoms with Crippen LogP contribution in [0.25, 0.3) is 0 Å². The van der Waals surface area contributed by atoms with Gasteiger partial charge in [0.2, 0.25) is 5.91 Å². The highest BCUT2D eigenvalue weighted by molar-refractivity contribution is 6.32. The Morgan fingerprint density at radius 3 is 2.52 bits per heavy atom. The fraction of sp³-hybridized carbons (Fsp3) is 0.750. The number of amides is 1. The van der Waals surface area contributed by atoms with Crippen molar-refractivity contribution in [1.29, 1.82) is 0 Å². The number of carbonyl (C=O) groups is 1. The highest BCUT2D eigenvalue weighted by Crippen LogP contribution is 2.46. The molecule has 1 heterocycles. The first-order valence-electron chi connectivity index (χ1n) is 8.60. The largest absolute Gasteiger partial charge is 0.436 e. The van der Waals surface area contributed by atoms with Gasteiger partial charge in [-0.3, -0.25) is 9.48 Å². The average Bonchev–Trinajstić information content (AvgIpc) is 3.31. The SMILES string of the molecule is CCN(CC)CCCNC(=O)Cn1nc(C(F)(F)F)c(Cl)c1C1CC1. The maximum absolute atomic E-state index is 13.0. The first kappa shape index (κ1) is 20.0. The third-order valence-electron chi connectivity index (χ3n) is 4.33.